The van der Waals surface area contributed by atoms with Crippen molar-refractivity contribution in [3.8, 4) is 0 Å². The van der Waals surface area contributed by atoms with Crippen molar-refractivity contribution in [1.82, 2.24) is 24.5 Å². The number of ether oxygens (including phenoxy) is 8. The van der Waals surface area contributed by atoms with E-state index in [-0.39, 0.29) is 176 Å². The fraction of sp³-hybridized carbons (Fsp3) is 0.900. The maximum absolute atomic E-state index is 14.0. The largest absolute Gasteiger partial charge is 3.00 e. The van der Waals surface area contributed by atoms with E-state index in [0.717, 1.165) is 0 Å². The van der Waals surface area contributed by atoms with Gasteiger partial charge in [-0.05, 0) is 51.4 Å². The van der Waals surface area contributed by atoms with Gasteiger partial charge in [0.25, 0.3) is 0 Å². The summed E-state index contributed by atoms with van der Waals surface area (Å²) in [5, 5.41) is 189. The molecule has 4 aliphatic heterocycles. The molecule has 4 unspecified atom stereocenters. The molecular formula is C50H89GdN5O33+. The van der Waals surface area contributed by atoms with Gasteiger partial charge < -0.3 is 150 Å². The van der Waals surface area contributed by atoms with E-state index in [9.17, 15) is 121 Å². The third kappa shape index (κ3) is 27.4. The van der Waals surface area contributed by atoms with Crippen LogP contribution in [0.3, 0.4) is 0 Å². The molecule has 39 heteroatoms. The molecule has 20 atom stereocenters. The maximum atomic E-state index is 14.0. The van der Waals surface area contributed by atoms with Crippen molar-refractivity contribution in [2.24, 2.45) is 0 Å². The van der Waals surface area contributed by atoms with Crippen LogP contribution in [-0.4, -0.2) is 386 Å². The smallest absolute Gasteiger partial charge is 2.00 e. The second-order valence-corrected chi connectivity index (χ2v) is 21.4. The molecule has 0 aliphatic carbocycles. The molecule has 0 aromatic rings. The van der Waals surface area contributed by atoms with Crippen molar-refractivity contribution >= 4 is 29.7 Å². The van der Waals surface area contributed by atoms with Gasteiger partial charge >= 0.3 is 57.8 Å². The van der Waals surface area contributed by atoms with E-state index in [2.05, 4.69) is 0 Å². The van der Waals surface area contributed by atoms with E-state index in [1.807, 2.05) is 0 Å². The fourth-order valence-corrected chi connectivity index (χ4v) is 9.43. The van der Waals surface area contributed by atoms with Gasteiger partial charge in [-0.1, -0.05) is 0 Å². The quantitative estimate of drug-likeness (QED) is 0.0253. The summed E-state index contributed by atoms with van der Waals surface area (Å²) in [7, 11) is 0. The summed E-state index contributed by atoms with van der Waals surface area (Å²) in [6.45, 7) is -4.35. The summed E-state index contributed by atoms with van der Waals surface area (Å²) in [4.78, 5) is 71.1. The van der Waals surface area contributed by atoms with Gasteiger partial charge in [-0.15, -0.1) is 0 Å². The Balaban J connectivity index is 0.0000135. The summed E-state index contributed by atoms with van der Waals surface area (Å²) < 4.78 is 41.9. The van der Waals surface area contributed by atoms with Crippen LogP contribution in [0.4, 0.5) is 0 Å². The predicted octanol–water partition coefficient (Wildman–Crippen LogP) is -11.1. The van der Waals surface area contributed by atoms with Crippen LogP contribution in [-0.2, 0) is 67.3 Å². The molecule has 2 amide bonds. The Hall–Kier alpha value is -2.45. The molecule has 0 spiro atoms. The minimum atomic E-state index is -1.86. The molecule has 89 heavy (non-hydrogen) atoms. The number of carboxylic acids is 3. The molecule has 1 radical (unpaired) electrons. The average molecular weight is 1450 g/mol. The van der Waals surface area contributed by atoms with Gasteiger partial charge in [0.05, 0.1) is 32.7 Å². The van der Waals surface area contributed by atoms with Crippen molar-refractivity contribution in [2.45, 2.75) is 175 Å². The molecule has 19 N–H and O–H groups in total. The maximum Gasteiger partial charge on any atom is 3.00 e. The number of nitrogens with zero attached hydrogens (tertiary/aromatic N) is 5. The zero-order valence-corrected chi connectivity index (χ0v) is 50.8. The van der Waals surface area contributed by atoms with Crippen molar-refractivity contribution in [3.63, 3.8) is 0 Å². The monoisotopic (exact) mass is 1450 g/mol. The van der Waals surface area contributed by atoms with Crippen LogP contribution in [0.25, 0.3) is 0 Å². The number of hydrogen-bond acceptors (Lipinski definition) is 32. The molecule has 4 rings (SSSR count). The van der Waals surface area contributed by atoms with Crippen LogP contribution in [0.5, 0.6) is 0 Å². The molecule has 0 saturated carbocycles. The first-order valence-electron chi connectivity index (χ1n) is 28.5. The predicted molar refractivity (Wildman–Crippen MR) is 282 cm³/mol. The number of unbranched alkanes of at least 4 members (excludes halogenated alkanes) is 4. The van der Waals surface area contributed by atoms with E-state index >= 15 is 0 Å². The first kappa shape index (κ1) is 82.6. The second-order valence-electron chi connectivity index (χ2n) is 21.4. The van der Waals surface area contributed by atoms with Gasteiger partial charge in [-0.25, -0.2) is 0 Å². The first-order chi connectivity index (χ1) is 41.1. The molecule has 0 aromatic heterocycles. The summed E-state index contributed by atoms with van der Waals surface area (Å²) in [5.41, 5.74) is 0. The number of aliphatic hydroxyl groups is 16. The first-order valence-corrected chi connectivity index (χ1v) is 28.5. The second kappa shape index (κ2) is 42.1. The summed E-state index contributed by atoms with van der Waals surface area (Å²) >= 11 is 0. The number of carbonyl (C=O) groups is 5. The molecule has 0 bridgehead atoms. The zero-order valence-electron chi connectivity index (χ0n) is 48.5. The summed E-state index contributed by atoms with van der Waals surface area (Å²) in [6.07, 6.45) is -33.0. The number of aliphatic carboxylic acids is 3. The Morgan fingerprint density at radius 2 is 0.506 bits per heavy atom. The van der Waals surface area contributed by atoms with Crippen molar-refractivity contribution in [2.75, 3.05) is 112 Å². The third-order valence-electron chi connectivity index (χ3n) is 14.6. The van der Waals surface area contributed by atoms with Crippen LogP contribution in [0.1, 0.15) is 51.4 Å². The molecule has 4 heterocycles. The molecule has 519 valence electrons. The Morgan fingerprint density at radius 3 is 0.730 bits per heavy atom. The Kier molecular flexibility index (Phi) is 39.1. The van der Waals surface area contributed by atoms with Crippen LogP contribution < -0.4 is 0 Å². The SMILES string of the molecule is O=C(O)CN(CCN(CC(=O)O)CC(=O)N(CCCCOC1O[C@H](O)[C@@H](O)[C@H](O)[C@@H]1O)CCCCOC1O[C@H](O)[C@@H](O)[C@H](O)[C@@H]1O)CCN(CC(=O)O)CC(=O)N(CCCCOC1O[C@H](O)[C@@H](O)[C@H](O)[C@@H]1O)CCCCOC1O[C@H](O)[C@@H](O)[C@H](O)[C@@H]1O.[Gd+3].[O-2]. The fourth-order valence-electron chi connectivity index (χ4n) is 9.43. The minimum Gasteiger partial charge on any atom is -2.00 e. The van der Waals surface area contributed by atoms with E-state index in [4.69, 9.17) is 37.9 Å². The van der Waals surface area contributed by atoms with Crippen LogP contribution in [0, 0.1) is 39.9 Å². The van der Waals surface area contributed by atoms with Gasteiger partial charge in [0.2, 0.25) is 11.8 Å². The third-order valence-corrected chi connectivity index (χ3v) is 14.6. The van der Waals surface area contributed by atoms with E-state index in [1.165, 1.54) is 24.5 Å². The molecular weight excluding hydrogens is 1360 g/mol. The van der Waals surface area contributed by atoms with E-state index in [0.29, 0.717) is 0 Å². The van der Waals surface area contributed by atoms with Gasteiger partial charge in [-0.2, -0.15) is 0 Å². The standard InChI is InChI=1S/C50H89N5O32.Gd.O/c56-26(54(9-1-5-17-80-47-39(72)31(64)35(68)43(76)84-47)10-2-6-18-81-48-40(73)32(65)36(69)44(77)85-48)21-52(24-29(60)61)15-13-51(23-28(58)59)14-16-53(25-30(62)63)22-27(57)55(11-3-7-19-82-49-41(74)33(66)37(70)45(78)86-49)12-4-8-20-83-50-42(75)34(67)38(71)46(79)87-50;;/h31-50,64-79H,1-25H2,(H,58,59)(H,60,61)(H,62,63);;/q;+3;-2/t31-,32-,33-,34-,35-,36-,37-,38-,39-,40-,41-,42-,43-,44-,45-,46-,47?,48?,49?,50?;;/m0../s1. The van der Waals surface area contributed by atoms with Crippen molar-refractivity contribution in [1.29, 1.82) is 0 Å². The van der Waals surface area contributed by atoms with Crippen molar-refractivity contribution < 1.29 is 204 Å². The van der Waals surface area contributed by atoms with Crippen LogP contribution >= 0.6 is 0 Å². The Labute approximate surface area is 542 Å². The van der Waals surface area contributed by atoms with Gasteiger partial charge in [0.15, 0.2) is 50.3 Å². The topological polar surface area (TPSA) is 588 Å². The molecule has 0 aromatic carbocycles. The summed E-state index contributed by atoms with van der Waals surface area (Å²) in [6, 6.07) is 0. The number of carboxylic acid groups (broad SMARTS) is 3. The van der Waals surface area contributed by atoms with Gasteiger partial charge in [0.1, 0.15) is 73.2 Å². The van der Waals surface area contributed by atoms with Gasteiger partial charge in [0, 0.05) is 78.8 Å². The zero-order chi connectivity index (χ0) is 64.7. The summed E-state index contributed by atoms with van der Waals surface area (Å²) in [5.74, 6) is -5.23. The molecule has 4 aliphatic rings. The van der Waals surface area contributed by atoms with Crippen LogP contribution in [0.2, 0.25) is 0 Å². The Morgan fingerprint density at radius 1 is 0.292 bits per heavy atom. The number of carbonyl (C=O) groups excluding carboxylic acids is 2. The average Bonchev–Trinajstić information content (AvgIpc) is 2.64. The number of rotatable bonds is 40. The molecule has 4 fully saturated rings. The molecule has 38 nitrogen and oxygen atoms in total. The van der Waals surface area contributed by atoms with Crippen LogP contribution in [0.15, 0.2) is 0 Å². The minimum absolute atomic E-state index is 0. The van der Waals surface area contributed by atoms with Crippen molar-refractivity contribution in [3.05, 3.63) is 0 Å². The number of hydrogen-bond donors (Lipinski definition) is 19. The normalized spacial score (nSPS) is 32.3. The number of aliphatic hydroxyl groups excluding tert-OH is 16. The molecule has 4 saturated heterocycles. The van der Waals surface area contributed by atoms with E-state index < -0.39 is 186 Å². The Bertz CT molecular complexity index is 1840. The van der Waals surface area contributed by atoms with Gasteiger partial charge in [-0.3, -0.25) is 38.7 Å². The number of amides is 2. The van der Waals surface area contributed by atoms with E-state index in [1.54, 1.807) is 0 Å².